The molecule has 0 saturated heterocycles. The molecule has 0 aromatic heterocycles. The molecule has 23 heavy (non-hydrogen) atoms. The zero-order valence-corrected chi connectivity index (χ0v) is 16.4. The number of primary amides is 2. The summed E-state index contributed by atoms with van der Waals surface area (Å²) in [6, 6.07) is 0. The van der Waals surface area contributed by atoms with Crippen molar-refractivity contribution in [3.8, 4) is 0 Å². The van der Waals surface area contributed by atoms with Crippen LogP contribution in [0.15, 0.2) is 0 Å². The monoisotopic (exact) mass is 370 g/mol. The maximum absolute atomic E-state index is 9.62. The van der Waals surface area contributed by atoms with Gasteiger partial charge in [-0.2, -0.15) is 0 Å². The van der Waals surface area contributed by atoms with Gasteiger partial charge in [-0.25, -0.2) is 0 Å². The molecule has 4 N–H and O–H groups in total. The minimum absolute atomic E-state index is 0.506. The lowest BCUT2D eigenvalue weighted by atomic mass is 10.2. The van der Waals surface area contributed by atoms with Gasteiger partial charge >= 0.3 is 0 Å². The van der Waals surface area contributed by atoms with Crippen LogP contribution in [-0.2, 0) is 9.53 Å². The van der Waals surface area contributed by atoms with Crippen LogP contribution in [0.3, 0.4) is 0 Å². The number of thiol groups is 2. The Labute approximate surface area is 151 Å². The Bertz CT molecular complexity index is 232. The summed E-state index contributed by atoms with van der Waals surface area (Å²) in [5.41, 5.74) is 8.67. The van der Waals surface area contributed by atoms with Gasteiger partial charge in [-0.1, -0.05) is 91.0 Å². The highest BCUT2D eigenvalue weighted by atomic mass is 32.1. The van der Waals surface area contributed by atoms with Crippen LogP contribution in [0.5, 0.6) is 0 Å². The van der Waals surface area contributed by atoms with E-state index < -0.39 is 10.5 Å². The molecule has 0 unspecified atom stereocenters. The molecular weight excluding hydrogens is 336 g/mol. The Morgan fingerprint density at radius 3 is 1.39 bits per heavy atom. The first-order valence-electron chi connectivity index (χ1n) is 7.81. The van der Waals surface area contributed by atoms with Gasteiger partial charge in [-0.3, -0.25) is 14.4 Å². The molecule has 6 nitrogen and oxygen atoms in total. The lowest BCUT2D eigenvalue weighted by Crippen LogP contribution is -1.95. The van der Waals surface area contributed by atoms with Crippen molar-refractivity contribution in [2.45, 2.75) is 72.1 Å². The van der Waals surface area contributed by atoms with Crippen molar-refractivity contribution in [1.82, 2.24) is 0 Å². The van der Waals surface area contributed by atoms with Crippen LogP contribution in [0.1, 0.15) is 72.1 Å². The zero-order valence-electron chi connectivity index (χ0n) is 14.6. The number of nitrogens with two attached hydrogens (primary N) is 2. The van der Waals surface area contributed by atoms with E-state index in [0.717, 1.165) is 6.42 Å². The van der Waals surface area contributed by atoms with Crippen molar-refractivity contribution >= 4 is 42.2 Å². The number of rotatable bonds is 9. The van der Waals surface area contributed by atoms with Crippen molar-refractivity contribution in [1.29, 1.82) is 0 Å². The van der Waals surface area contributed by atoms with Crippen LogP contribution in [0.2, 0.25) is 0 Å². The molecule has 0 heterocycles. The summed E-state index contributed by atoms with van der Waals surface area (Å²) < 4.78 is 4.50. The van der Waals surface area contributed by atoms with Gasteiger partial charge in [-0.15, -0.1) is 0 Å². The fraction of sp³-hybridized carbons (Fsp3) is 0.800. The SMILES string of the molecule is CCCCCC.CCCCCCOC=O.NC(=O)S.NC(=O)S. The first-order valence-corrected chi connectivity index (χ1v) is 8.71. The number of amides is 2. The molecule has 0 fully saturated rings. The maximum Gasteiger partial charge on any atom is 0.293 e. The number of unbranched alkanes of at least 4 members (excludes halogenated alkanes) is 6. The van der Waals surface area contributed by atoms with Gasteiger partial charge in [0.25, 0.3) is 17.0 Å². The normalized spacial score (nSPS) is 8.04. The summed E-state index contributed by atoms with van der Waals surface area (Å²) in [4.78, 5) is 27.8. The summed E-state index contributed by atoms with van der Waals surface area (Å²) in [5, 5.41) is -1.28. The summed E-state index contributed by atoms with van der Waals surface area (Å²) in [7, 11) is 0. The lowest BCUT2D eigenvalue weighted by molar-refractivity contribution is -0.128. The van der Waals surface area contributed by atoms with E-state index in [9.17, 15) is 4.79 Å². The minimum Gasteiger partial charge on any atom is -0.468 e. The Morgan fingerprint density at radius 1 is 0.826 bits per heavy atom. The van der Waals surface area contributed by atoms with Crippen molar-refractivity contribution < 1.29 is 19.1 Å². The van der Waals surface area contributed by atoms with Gasteiger partial charge in [-0.05, 0) is 6.42 Å². The van der Waals surface area contributed by atoms with E-state index in [1.807, 2.05) is 0 Å². The van der Waals surface area contributed by atoms with Crippen LogP contribution in [-0.4, -0.2) is 23.6 Å². The van der Waals surface area contributed by atoms with Gasteiger partial charge in [0.2, 0.25) is 0 Å². The van der Waals surface area contributed by atoms with E-state index in [0.29, 0.717) is 13.1 Å². The fourth-order valence-corrected chi connectivity index (χ4v) is 1.16. The molecule has 0 atom stereocenters. The van der Waals surface area contributed by atoms with Crippen LogP contribution >= 0.6 is 25.3 Å². The molecule has 0 aliphatic rings. The van der Waals surface area contributed by atoms with E-state index in [-0.39, 0.29) is 0 Å². The zero-order chi connectivity index (χ0) is 18.9. The van der Waals surface area contributed by atoms with Crippen LogP contribution in [0, 0.1) is 0 Å². The van der Waals surface area contributed by atoms with Crippen molar-refractivity contribution in [3.63, 3.8) is 0 Å². The molecule has 0 aliphatic heterocycles. The van der Waals surface area contributed by atoms with Gasteiger partial charge in [0.1, 0.15) is 0 Å². The van der Waals surface area contributed by atoms with Gasteiger partial charge in [0.15, 0.2) is 0 Å². The average Bonchev–Trinajstić information content (AvgIpc) is 2.44. The van der Waals surface area contributed by atoms with Crippen molar-refractivity contribution in [3.05, 3.63) is 0 Å². The topological polar surface area (TPSA) is 112 Å². The van der Waals surface area contributed by atoms with Crippen LogP contribution < -0.4 is 11.5 Å². The molecular formula is C15H34N2O4S2. The highest BCUT2D eigenvalue weighted by Crippen LogP contribution is 1.97. The number of hydrogen-bond donors (Lipinski definition) is 4. The van der Waals surface area contributed by atoms with E-state index in [1.54, 1.807) is 0 Å². The predicted molar refractivity (Wildman–Crippen MR) is 103 cm³/mol. The number of carbonyl (C=O) groups excluding carboxylic acids is 3. The first kappa shape index (κ1) is 30.0. The van der Waals surface area contributed by atoms with E-state index in [4.69, 9.17) is 9.59 Å². The third-order valence-corrected chi connectivity index (χ3v) is 2.14. The number of hydrogen-bond acceptors (Lipinski definition) is 4. The molecule has 0 saturated carbocycles. The lowest BCUT2D eigenvalue weighted by Gasteiger charge is -1.95. The molecule has 0 aliphatic carbocycles. The van der Waals surface area contributed by atoms with E-state index in [1.165, 1.54) is 44.9 Å². The number of ether oxygens (including phenoxy) is 1. The molecule has 2 amide bonds. The number of carbonyl (C=O) groups is 3. The van der Waals surface area contributed by atoms with Gasteiger partial charge in [0.05, 0.1) is 6.61 Å². The fourth-order valence-electron chi connectivity index (χ4n) is 1.16. The second-order valence-corrected chi connectivity index (χ2v) is 5.29. The Hall–Kier alpha value is -0.890. The summed E-state index contributed by atoms with van der Waals surface area (Å²) in [6.07, 6.45) is 10.2. The maximum atomic E-state index is 9.62. The largest absolute Gasteiger partial charge is 0.468 e. The minimum atomic E-state index is -0.639. The first-order chi connectivity index (χ1) is 10.8. The molecule has 0 rings (SSSR count). The van der Waals surface area contributed by atoms with Crippen molar-refractivity contribution in [2.24, 2.45) is 11.5 Å². The third kappa shape index (κ3) is 117. The van der Waals surface area contributed by atoms with Gasteiger partial charge < -0.3 is 16.2 Å². The second kappa shape index (κ2) is 32.9. The van der Waals surface area contributed by atoms with Crippen LogP contribution in [0.25, 0.3) is 0 Å². The molecule has 0 bridgehead atoms. The van der Waals surface area contributed by atoms with E-state index in [2.05, 4.69) is 62.2 Å². The van der Waals surface area contributed by atoms with Crippen LogP contribution in [0.4, 0.5) is 9.59 Å². The Balaban J connectivity index is -0.000000112. The average molecular weight is 371 g/mol. The summed E-state index contributed by atoms with van der Waals surface area (Å²) in [5.74, 6) is 0. The van der Waals surface area contributed by atoms with E-state index >= 15 is 0 Å². The quantitative estimate of drug-likeness (QED) is 0.275. The smallest absolute Gasteiger partial charge is 0.293 e. The standard InChI is InChI=1S/C7H14O2.C6H14.2CH3NOS/c1-2-3-4-5-6-9-7-8;1-3-5-6-4-2;2*2-1(3)4/h7H,2-6H2,1H3;3-6H2,1-2H3;2*(H3,2,3,4). The highest BCUT2D eigenvalue weighted by Gasteiger charge is 1.85. The highest BCUT2D eigenvalue weighted by molar-refractivity contribution is 7.96. The predicted octanol–water partition coefficient (Wildman–Crippen LogP) is 4.32. The molecule has 140 valence electrons. The Kier molecular flexibility index (Phi) is 43.0. The summed E-state index contributed by atoms with van der Waals surface area (Å²) >= 11 is 6.21. The molecule has 0 spiro atoms. The Morgan fingerprint density at radius 2 is 1.13 bits per heavy atom. The summed E-state index contributed by atoms with van der Waals surface area (Å²) in [6.45, 7) is 7.71. The van der Waals surface area contributed by atoms with Crippen molar-refractivity contribution in [2.75, 3.05) is 6.61 Å². The molecule has 0 aromatic carbocycles. The molecule has 8 heteroatoms. The molecule has 0 radical (unpaired) electrons. The molecule has 0 aromatic rings. The van der Waals surface area contributed by atoms with Gasteiger partial charge in [0, 0.05) is 0 Å². The second-order valence-electron chi connectivity index (χ2n) is 4.41. The third-order valence-electron chi connectivity index (χ3n) is 2.14.